The highest BCUT2D eigenvalue weighted by molar-refractivity contribution is 5.58. The van der Waals surface area contributed by atoms with Gasteiger partial charge < -0.3 is 14.5 Å². The van der Waals surface area contributed by atoms with Crippen molar-refractivity contribution in [3.8, 4) is 6.07 Å². The predicted molar refractivity (Wildman–Crippen MR) is 83.5 cm³/mol. The molecule has 0 N–H and O–H groups in total. The van der Waals surface area contributed by atoms with Crippen molar-refractivity contribution in [1.29, 1.82) is 5.26 Å². The fourth-order valence-corrected chi connectivity index (χ4v) is 2.88. The Hall–Kier alpha value is -1.64. The molecule has 0 aliphatic carbocycles. The van der Waals surface area contributed by atoms with Gasteiger partial charge in [-0.25, -0.2) is 4.98 Å². The Morgan fingerprint density at radius 1 is 1.48 bits per heavy atom. The number of hydrogen-bond donors (Lipinski definition) is 0. The van der Waals surface area contributed by atoms with E-state index in [9.17, 15) is 5.26 Å². The fourth-order valence-electron chi connectivity index (χ4n) is 2.88. The van der Waals surface area contributed by atoms with Gasteiger partial charge in [0.1, 0.15) is 11.9 Å². The number of aromatic nitrogens is 1. The Labute approximate surface area is 127 Å². The molecule has 0 saturated carbocycles. The molecule has 5 heteroatoms. The molecule has 1 unspecified atom stereocenters. The average molecular weight is 288 g/mol. The first-order chi connectivity index (χ1) is 10.0. The van der Waals surface area contributed by atoms with E-state index in [1.807, 2.05) is 19.9 Å². The molecule has 1 aromatic heterocycles. The summed E-state index contributed by atoms with van der Waals surface area (Å²) in [4.78, 5) is 9.00. The summed E-state index contributed by atoms with van der Waals surface area (Å²) >= 11 is 0. The van der Waals surface area contributed by atoms with Crippen LogP contribution >= 0.6 is 0 Å². The molecular formula is C16H24N4O. The van der Waals surface area contributed by atoms with E-state index in [4.69, 9.17) is 4.74 Å². The minimum atomic E-state index is 0.427. The van der Waals surface area contributed by atoms with E-state index in [-0.39, 0.29) is 0 Å². The highest BCUT2D eigenvalue weighted by Gasteiger charge is 2.23. The van der Waals surface area contributed by atoms with Crippen molar-refractivity contribution >= 4 is 5.82 Å². The zero-order valence-electron chi connectivity index (χ0n) is 13.4. The Kier molecular flexibility index (Phi) is 5.16. The minimum Gasteiger partial charge on any atom is -0.379 e. The number of anilines is 1. The Bertz CT molecular complexity index is 536. The van der Waals surface area contributed by atoms with E-state index in [0.29, 0.717) is 18.1 Å². The van der Waals surface area contributed by atoms with Crippen LogP contribution in [0.25, 0.3) is 0 Å². The van der Waals surface area contributed by atoms with Crippen LogP contribution in [0.4, 0.5) is 5.82 Å². The van der Waals surface area contributed by atoms with Crippen LogP contribution in [0, 0.1) is 31.1 Å². The maximum Gasteiger partial charge on any atom is 0.147 e. The standard InChI is InChI=1S/C16H24N4O/c1-12-7-13(2)18-16(15(12)8-17)20-5-6-21-11-14(10-20)9-19(3)4/h7,14H,5-6,9-11H2,1-4H3. The molecule has 0 radical (unpaired) electrons. The molecule has 114 valence electrons. The Morgan fingerprint density at radius 3 is 2.90 bits per heavy atom. The highest BCUT2D eigenvalue weighted by atomic mass is 16.5. The van der Waals surface area contributed by atoms with Crippen LogP contribution < -0.4 is 4.90 Å². The van der Waals surface area contributed by atoms with Crippen molar-refractivity contribution in [2.24, 2.45) is 5.92 Å². The Balaban J connectivity index is 2.29. The summed E-state index contributed by atoms with van der Waals surface area (Å²) in [7, 11) is 4.15. The van der Waals surface area contributed by atoms with Crippen molar-refractivity contribution in [2.45, 2.75) is 13.8 Å². The molecule has 1 fully saturated rings. The highest BCUT2D eigenvalue weighted by Crippen LogP contribution is 2.24. The van der Waals surface area contributed by atoms with Crippen LogP contribution in [0.2, 0.25) is 0 Å². The monoisotopic (exact) mass is 288 g/mol. The van der Waals surface area contributed by atoms with Gasteiger partial charge in [-0.15, -0.1) is 0 Å². The molecule has 1 saturated heterocycles. The van der Waals surface area contributed by atoms with Crippen molar-refractivity contribution in [2.75, 3.05) is 51.8 Å². The van der Waals surface area contributed by atoms with E-state index in [1.165, 1.54) is 0 Å². The molecule has 0 bridgehead atoms. The summed E-state index contributed by atoms with van der Waals surface area (Å²) in [5, 5.41) is 9.45. The second kappa shape index (κ2) is 6.88. The zero-order chi connectivity index (χ0) is 15.4. The quantitative estimate of drug-likeness (QED) is 0.845. The lowest BCUT2D eigenvalue weighted by Gasteiger charge is -2.27. The first-order valence-corrected chi connectivity index (χ1v) is 7.37. The van der Waals surface area contributed by atoms with E-state index < -0.39 is 0 Å². The predicted octanol–water partition coefficient (Wildman–Crippen LogP) is 1.58. The summed E-state index contributed by atoms with van der Waals surface area (Å²) in [6, 6.07) is 4.27. The molecule has 5 nitrogen and oxygen atoms in total. The van der Waals surface area contributed by atoms with Crippen molar-refractivity contribution in [3.05, 3.63) is 22.9 Å². The minimum absolute atomic E-state index is 0.427. The number of nitriles is 1. The van der Waals surface area contributed by atoms with Gasteiger partial charge in [0.05, 0.1) is 18.8 Å². The van der Waals surface area contributed by atoms with Gasteiger partial charge in [-0.05, 0) is 39.6 Å². The lowest BCUT2D eigenvalue weighted by atomic mass is 10.1. The molecule has 1 aromatic rings. The summed E-state index contributed by atoms with van der Waals surface area (Å²) in [6.45, 7) is 8.04. The topological polar surface area (TPSA) is 52.4 Å². The lowest BCUT2D eigenvalue weighted by molar-refractivity contribution is 0.113. The van der Waals surface area contributed by atoms with E-state index in [1.54, 1.807) is 0 Å². The Morgan fingerprint density at radius 2 is 2.24 bits per heavy atom. The molecule has 21 heavy (non-hydrogen) atoms. The molecule has 1 aliphatic heterocycles. The molecule has 0 amide bonds. The number of nitrogens with zero attached hydrogens (tertiary/aromatic N) is 4. The van der Waals surface area contributed by atoms with E-state index >= 15 is 0 Å². The first kappa shape index (κ1) is 15.7. The molecule has 0 aromatic carbocycles. The third-order valence-electron chi connectivity index (χ3n) is 3.70. The summed E-state index contributed by atoms with van der Waals surface area (Å²) < 4.78 is 5.71. The van der Waals surface area contributed by atoms with Crippen molar-refractivity contribution < 1.29 is 4.74 Å². The van der Waals surface area contributed by atoms with E-state index in [0.717, 1.165) is 43.3 Å². The number of hydrogen-bond acceptors (Lipinski definition) is 5. The van der Waals surface area contributed by atoms with Gasteiger partial charge in [-0.1, -0.05) is 0 Å². The van der Waals surface area contributed by atoms with Crippen LogP contribution in [0.5, 0.6) is 0 Å². The molecule has 1 aliphatic rings. The molecule has 0 spiro atoms. The number of rotatable bonds is 3. The van der Waals surface area contributed by atoms with Gasteiger partial charge in [0, 0.05) is 31.2 Å². The maximum absolute atomic E-state index is 9.45. The fraction of sp³-hybridized carbons (Fsp3) is 0.625. The largest absolute Gasteiger partial charge is 0.379 e. The maximum atomic E-state index is 9.45. The number of ether oxygens (including phenoxy) is 1. The number of aryl methyl sites for hydroxylation is 2. The van der Waals surface area contributed by atoms with Gasteiger partial charge >= 0.3 is 0 Å². The normalized spacial score (nSPS) is 19.4. The van der Waals surface area contributed by atoms with Crippen LogP contribution in [0.1, 0.15) is 16.8 Å². The molecule has 1 atom stereocenters. The first-order valence-electron chi connectivity index (χ1n) is 7.37. The summed E-state index contributed by atoms with van der Waals surface area (Å²) in [5.74, 6) is 1.24. The third-order valence-corrected chi connectivity index (χ3v) is 3.70. The van der Waals surface area contributed by atoms with Crippen LogP contribution in [0.15, 0.2) is 6.07 Å². The van der Waals surface area contributed by atoms with Gasteiger partial charge in [-0.3, -0.25) is 0 Å². The zero-order valence-corrected chi connectivity index (χ0v) is 13.4. The van der Waals surface area contributed by atoms with Crippen LogP contribution in [0.3, 0.4) is 0 Å². The van der Waals surface area contributed by atoms with Crippen LogP contribution in [-0.4, -0.2) is 56.8 Å². The van der Waals surface area contributed by atoms with Gasteiger partial charge in [0.15, 0.2) is 0 Å². The second-order valence-corrected chi connectivity index (χ2v) is 6.04. The molecule has 2 rings (SSSR count). The lowest BCUT2D eigenvalue weighted by Crippen LogP contribution is -2.35. The van der Waals surface area contributed by atoms with Gasteiger partial charge in [0.2, 0.25) is 0 Å². The molecular weight excluding hydrogens is 264 g/mol. The molecule has 2 heterocycles. The van der Waals surface area contributed by atoms with E-state index in [2.05, 4.69) is 34.9 Å². The third kappa shape index (κ3) is 3.93. The van der Waals surface area contributed by atoms with Crippen molar-refractivity contribution in [3.63, 3.8) is 0 Å². The van der Waals surface area contributed by atoms with Crippen molar-refractivity contribution in [1.82, 2.24) is 9.88 Å². The average Bonchev–Trinajstić information content (AvgIpc) is 2.62. The second-order valence-electron chi connectivity index (χ2n) is 6.04. The SMILES string of the molecule is Cc1cc(C)c(C#N)c(N2CCOCC(CN(C)C)C2)n1. The van der Waals surface area contributed by atoms with Gasteiger partial charge in [-0.2, -0.15) is 5.26 Å². The summed E-state index contributed by atoms with van der Waals surface area (Å²) in [6.07, 6.45) is 0. The summed E-state index contributed by atoms with van der Waals surface area (Å²) in [5.41, 5.74) is 2.64. The van der Waals surface area contributed by atoms with Gasteiger partial charge in [0.25, 0.3) is 0 Å². The smallest absolute Gasteiger partial charge is 0.147 e. The number of pyridine rings is 1. The van der Waals surface area contributed by atoms with Crippen LogP contribution in [-0.2, 0) is 4.74 Å².